The Bertz CT molecular complexity index is 1180. The zero-order chi connectivity index (χ0) is 23.7. The highest BCUT2D eigenvalue weighted by Gasteiger charge is 2.23. The lowest BCUT2D eigenvalue weighted by Gasteiger charge is -2.30. The summed E-state index contributed by atoms with van der Waals surface area (Å²) in [4.78, 5) is 34.0. The first kappa shape index (κ1) is 22.4. The van der Waals surface area contributed by atoms with Gasteiger partial charge in [-0.25, -0.2) is 24.3 Å². The third-order valence-electron chi connectivity index (χ3n) is 6.11. The van der Waals surface area contributed by atoms with Crippen LogP contribution in [0.5, 0.6) is 0 Å². The number of aliphatic hydroxyl groups is 1. The van der Waals surface area contributed by atoms with Gasteiger partial charge in [0.15, 0.2) is 5.82 Å². The third kappa shape index (κ3) is 4.62. The summed E-state index contributed by atoms with van der Waals surface area (Å²) in [5.74, 6) is 1.52. The molecule has 5 heterocycles. The summed E-state index contributed by atoms with van der Waals surface area (Å²) in [7, 11) is 0. The first-order valence-electron chi connectivity index (χ1n) is 11.5. The van der Waals surface area contributed by atoms with Crippen molar-refractivity contribution in [2.45, 2.75) is 32.0 Å². The van der Waals surface area contributed by atoms with E-state index in [1.807, 2.05) is 11.0 Å². The second-order valence-electron chi connectivity index (χ2n) is 8.59. The Balaban J connectivity index is 1.42. The second kappa shape index (κ2) is 9.43. The molecule has 5 rings (SSSR count). The van der Waals surface area contributed by atoms with Crippen LogP contribution >= 0.6 is 0 Å². The molecule has 0 spiro atoms. The Kier molecular flexibility index (Phi) is 6.20. The molecular weight excluding hydrogens is 439 g/mol. The first-order valence-corrected chi connectivity index (χ1v) is 11.5. The molecule has 0 aliphatic carbocycles. The summed E-state index contributed by atoms with van der Waals surface area (Å²) in [6.45, 7) is 4.39. The monoisotopic (exact) mass is 466 g/mol. The second-order valence-corrected chi connectivity index (χ2v) is 8.59. The number of alkyl halides is 1. The number of nitrogens with zero attached hydrogens (tertiary/aromatic N) is 6. The zero-order valence-corrected chi connectivity index (χ0v) is 18.9. The lowest BCUT2D eigenvalue weighted by atomic mass is 10.1. The van der Waals surface area contributed by atoms with E-state index in [0.717, 1.165) is 17.6 Å². The number of rotatable bonds is 5. The highest BCUT2D eigenvalue weighted by Crippen LogP contribution is 2.30. The number of hydrogen-bond donors (Lipinski definition) is 3. The molecule has 1 atom stereocenters. The van der Waals surface area contributed by atoms with E-state index in [2.05, 4.69) is 30.6 Å². The van der Waals surface area contributed by atoms with Gasteiger partial charge in [0.2, 0.25) is 11.9 Å². The van der Waals surface area contributed by atoms with Crippen LogP contribution in [0, 0.1) is 0 Å². The minimum absolute atomic E-state index is 0.0139. The van der Waals surface area contributed by atoms with Crippen LogP contribution in [0.25, 0.3) is 10.9 Å². The zero-order valence-electron chi connectivity index (χ0n) is 18.9. The van der Waals surface area contributed by atoms with E-state index in [1.165, 1.54) is 0 Å². The molecule has 3 aromatic heterocycles. The molecule has 34 heavy (non-hydrogen) atoms. The van der Waals surface area contributed by atoms with Gasteiger partial charge < -0.3 is 25.5 Å². The number of anilines is 4. The van der Waals surface area contributed by atoms with Crippen molar-refractivity contribution in [2.24, 2.45) is 0 Å². The summed E-state index contributed by atoms with van der Waals surface area (Å²) in [6.07, 6.45) is 2.64. The van der Waals surface area contributed by atoms with Gasteiger partial charge in [0.1, 0.15) is 17.5 Å². The highest BCUT2D eigenvalue weighted by atomic mass is 19.1. The van der Waals surface area contributed by atoms with E-state index in [-0.39, 0.29) is 5.91 Å². The highest BCUT2D eigenvalue weighted by molar-refractivity contribution is 5.95. The topological polar surface area (TPSA) is 119 Å². The van der Waals surface area contributed by atoms with Gasteiger partial charge in [0.05, 0.1) is 30.2 Å². The van der Waals surface area contributed by atoms with Crippen molar-refractivity contribution < 1.29 is 14.3 Å². The van der Waals surface area contributed by atoms with Crippen LogP contribution in [-0.4, -0.2) is 69.8 Å². The fourth-order valence-electron chi connectivity index (χ4n) is 4.21. The lowest BCUT2D eigenvalue weighted by molar-refractivity contribution is -0.118. The van der Waals surface area contributed by atoms with Gasteiger partial charge in [-0.05, 0) is 38.0 Å². The largest absolute Gasteiger partial charge is 0.387 e. The number of halogens is 1. The average molecular weight is 467 g/mol. The minimum Gasteiger partial charge on any atom is -0.387 e. The molecule has 1 amide bonds. The Morgan fingerprint density at radius 2 is 2.00 bits per heavy atom. The number of piperazine rings is 1. The standard InChI is InChI=1S/C23H27FN8O2/c1-14(33)18-10-15-11-27-23(30-21(15)22(28-18)31-7-4-16(24)5-8-31)29-19-3-2-17(12-26-19)32-9-6-25-13-20(32)34/h2-3,10-12,14,16,25,33H,4-9,13H2,1H3,(H,26,27,29,30). The molecule has 0 saturated carbocycles. The van der Waals surface area contributed by atoms with E-state index in [1.54, 1.807) is 36.4 Å². The molecule has 2 saturated heterocycles. The molecular formula is C23H27FN8O2. The molecule has 3 aromatic rings. The van der Waals surface area contributed by atoms with Gasteiger partial charge in [-0.15, -0.1) is 0 Å². The van der Waals surface area contributed by atoms with Crippen LogP contribution in [0.3, 0.4) is 0 Å². The van der Waals surface area contributed by atoms with Crippen LogP contribution in [0.1, 0.15) is 31.6 Å². The van der Waals surface area contributed by atoms with E-state index >= 15 is 0 Å². The molecule has 0 radical (unpaired) electrons. The van der Waals surface area contributed by atoms with Crippen molar-refractivity contribution in [3.05, 3.63) is 36.3 Å². The summed E-state index contributed by atoms with van der Waals surface area (Å²) in [5, 5.41) is 17.0. The maximum atomic E-state index is 13.7. The predicted molar refractivity (Wildman–Crippen MR) is 127 cm³/mol. The van der Waals surface area contributed by atoms with Crippen molar-refractivity contribution in [2.75, 3.05) is 47.8 Å². The Morgan fingerprint density at radius 1 is 1.18 bits per heavy atom. The van der Waals surface area contributed by atoms with E-state index in [9.17, 15) is 14.3 Å². The smallest absolute Gasteiger partial charge is 0.241 e. The molecule has 11 heteroatoms. The number of aliphatic hydroxyl groups excluding tert-OH is 1. The fourth-order valence-corrected chi connectivity index (χ4v) is 4.21. The molecule has 178 valence electrons. The van der Waals surface area contributed by atoms with Crippen LogP contribution in [0.15, 0.2) is 30.6 Å². The number of piperidine rings is 1. The number of fused-ring (bicyclic) bond motifs is 1. The summed E-state index contributed by atoms with van der Waals surface area (Å²) in [5.41, 5.74) is 1.89. The summed E-state index contributed by atoms with van der Waals surface area (Å²) >= 11 is 0. The van der Waals surface area contributed by atoms with Gasteiger partial charge in [-0.2, -0.15) is 0 Å². The van der Waals surface area contributed by atoms with Crippen molar-refractivity contribution >= 4 is 40.1 Å². The van der Waals surface area contributed by atoms with Crippen molar-refractivity contribution in [1.82, 2.24) is 25.3 Å². The van der Waals surface area contributed by atoms with Gasteiger partial charge in [0.25, 0.3) is 0 Å². The van der Waals surface area contributed by atoms with Crippen molar-refractivity contribution in [3.8, 4) is 0 Å². The number of carbonyl (C=O) groups excluding carboxylic acids is 1. The Morgan fingerprint density at radius 3 is 2.71 bits per heavy atom. The molecule has 10 nitrogen and oxygen atoms in total. The van der Waals surface area contributed by atoms with E-state index in [4.69, 9.17) is 0 Å². The van der Waals surface area contributed by atoms with Crippen LogP contribution in [0.2, 0.25) is 0 Å². The molecule has 1 unspecified atom stereocenters. The average Bonchev–Trinajstić information content (AvgIpc) is 2.85. The molecule has 2 aliphatic rings. The maximum Gasteiger partial charge on any atom is 0.241 e. The van der Waals surface area contributed by atoms with Crippen LogP contribution in [0.4, 0.5) is 27.7 Å². The number of hydrogen-bond acceptors (Lipinski definition) is 9. The fraction of sp³-hybridized carbons (Fsp3) is 0.435. The normalized spacial score (nSPS) is 18.4. The Hall–Kier alpha value is -3.44. The van der Waals surface area contributed by atoms with Gasteiger partial charge in [0, 0.05) is 37.8 Å². The van der Waals surface area contributed by atoms with Gasteiger partial charge >= 0.3 is 0 Å². The van der Waals surface area contributed by atoms with Crippen molar-refractivity contribution in [1.29, 1.82) is 0 Å². The van der Waals surface area contributed by atoms with Crippen LogP contribution < -0.4 is 20.4 Å². The van der Waals surface area contributed by atoms with E-state index < -0.39 is 12.3 Å². The molecule has 3 N–H and O–H groups in total. The molecule has 0 aromatic carbocycles. The van der Waals surface area contributed by atoms with Gasteiger partial charge in [-0.3, -0.25) is 4.79 Å². The lowest BCUT2D eigenvalue weighted by Crippen LogP contribution is -2.48. The number of nitrogens with one attached hydrogen (secondary N) is 2. The van der Waals surface area contributed by atoms with Gasteiger partial charge in [-0.1, -0.05) is 0 Å². The molecule has 2 aliphatic heterocycles. The first-order chi connectivity index (χ1) is 16.5. The number of amides is 1. The maximum absolute atomic E-state index is 13.7. The Labute approximate surface area is 196 Å². The third-order valence-corrected chi connectivity index (χ3v) is 6.11. The van der Waals surface area contributed by atoms with Crippen molar-refractivity contribution in [3.63, 3.8) is 0 Å². The number of carbonyl (C=O) groups is 1. The molecule has 0 bridgehead atoms. The summed E-state index contributed by atoms with van der Waals surface area (Å²) < 4.78 is 13.7. The number of pyridine rings is 2. The summed E-state index contributed by atoms with van der Waals surface area (Å²) in [6, 6.07) is 5.38. The van der Waals surface area contributed by atoms with E-state index in [0.29, 0.717) is 67.8 Å². The quantitative estimate of drug-likeness (QED) is 0.519. The minimum atomic E-state index is -0.806. The SMILES string of the molecule is CC(O)c1cc2cnc(Nc3ccc(N4CCNCC4=O)cn3)nc2c(N2CCC(F)CC2)n1. The molecule has 2 fully saturated rings. The van der Waals surface area contributed by atoms with Crippen LogP contribution in [-0.2, 0) is 4.79 Å². The number of aromatic nitrogens is 4. The predicted octanol–water partition coefficient (Wildman–Crippen LogP) is 2.09.